The maximum atomic E-state index is 13.1. The Labute approximate surface area is 150 Å². The summed E-state index contributed by atoms with van der Waals surface area (Å²) >= 11 is 5.92. The van der Waals surface area contributed by atoms with Crippen molar-refractivity contribution in [3.8, 4) is 0 Å². The van der Waals surface area contributed by atoms with E-state index in [1.165, 1.54) is 17.7 Å². The van der Waals surface area contributed by atoms with Crippen molar-refractivity contribution in [1.82, 2.24) is 0 Å². The number of benzene rings is 2. The van der Waals surface area contributed by atoms with Crippen LogP contribution in [0, 0.1) is 11.7 Å². The van der Waals surface area contributed by atoms with Gasteiger partial charge in [0.05, 0.1) is 10.7 Å². The SMILES string of the molecule is CCc1ccc(N2CC[C@@H](C(=O)Nc3ccc(F)cc3Cl)C2=O)cc1. The molecule has 0 bridgehead atoms. The lowest BCUT2D eigenvalue weighted by Crippen LogP contribution is -2.33. The molecule has 1 aliphatic rings. The molecule has 1 N–H and O–H groups in total. The Hall–Kier alpha value is -2.40. The highest BCUT2D eigenvalue weighted by atomic mass is 35.5. The molecular weight excluding hydrogens is 343 g/mol. The minimum atomic E-state index is -0.771. The van der Waals surface area contributed by atoms with Crippen LogP contribution >= 0.6 is 11.6 Å². The van der Waals surface area contributed by atoms with Gasteiger partial charge in [0.25, 0.3) is 0 Å². The molecule has 3 rings (SSSR count). The van der Waals surface area contributed by atoms with Crippen molar-refractivity contribution in [3.63, 3.8) is 0 Å². The lowest BCUT2D eigenvalue weighted by molar-refractivity contribution is -0.129. The second kappa shape index (κ2) is 7.23. The highest BCUT2D eigenvalue weighted by Crippen LogP contribution is 2.28. The Kier molecular flexibility index (Phi) is 5.04. The molecular formula is C19H18ClFN2O2. The van der Waals surface area contributed by atoms with Gasteiger partial charge < -0.3 is 10.2 Å². The Balaban J connectivity index is 1.71. The summed E-state index contributed by atoms with van der Waals surface area (Å²) in [6.07, 6.45) is 1.36. The van der Waals surface area contributed by atoms with Crippen LogP contribution in [0.2, 0.25) is 5.02 Å². The summed E-state index contributed by atoms with van der Waals surface area (Å²) < 4.78 is 13.1. The highest BCUT2D eigenvalue weighted by Gasteiger charge is 2.37. The summed E-state index contributed by atoms with van der Waals surface area (Å²) in [6.45, 7) is 2.55. The van der Waals surface area contributed by atoms with Crippen molar-refractivity contribution >= 4 is 34.8 Å². The summed E-state index contributed by atoms with van der Waals surface area (Å²) in [5, 5.41) is 2.72. The van der Waals surface area contributed by atoms with E-state index in [2.05, 4.69) is 12.2 Å². The second-order valence-corrected chi connectivity index (χ2v) is 6.37. The van der Waals surface area contributed by atoms with Gasteiger partial charge in [0.15, 0.2) is 0 Å². The topological polar surface area (TPSA) is 49.4 Å². The molecule has 2 amide bonds. The third-order valence-electron chi connectivity index (χ3n) is 4.37. The maximum Gasteiger partial charge on any atom is 0.239 e. The first kappa shape index (κ1) is 17.4. The predicted molar refractivity (Wildman–Crippen MR) is 96.3 cm³/mol. The standard InChI is InChI=1S/C19H18ClFN2O2/c1-2-12-3-6-14(7-4-12)23-10-9-15(19(23)25)18(24)22-17-8-5-13(21)11-16(17)20/h3-8,11,15H,2,9-10H2,1H3,(H,22,24)/t15-/m0/s1. The molecule has 2 aromatic rings. The van der Waals surface area contributed by atoms with Gasteiger partial charge in [-0.25, -0.2) is 4.39 Å². The van der Waals surface area contributed by atoms with Gasteiger partial charge in [0, 0.05) is 12.2 Å². The molecule has 0 spiro atoms. The van der Waals surface area contributed by atoms with E-state index in [9.17, 15) is 14.0 Å². The number of nitrogens with one attached hydrogen (secondary N) is 1. The number of halogens is 2. The number of anilines is 2. The van der Waals surface area contributed by atoms with Crippen molar-refractivity contribution in [2.45, 2.75) is 19.8 Å². The molecule has 0 unspecified atom stereocenters. The average Bonchev–Trinajstić information content (AvgIpc) is 2.99. The summed E-state index contributed by atoms with van der Waals surface area (Å²) in [6, 6.07) is 11.5. The monoisotopic (exact) mass is 360 g/mol. The number of amides is 2. The van der Waals surface area contributed by atoms with Crippen molar-refractivity contribution in [3.05, 3.63) is 58.9 Å². The molecule has 1 saturated heterocycles. The lowest BCUT2D eigenvalue weighted by atomic mass is 10.1. The molecule has 1 heterocycles. The first-order chi connectivity index (χ1) is 12.0. The van der Waals surface area contributed by atoms with Crippen LogP contribution < -0.4 is 10.2 Å². The largest absolute Gasteiger partial charge is 0.324 e. The third kappa shape index (κ3) is 3.66. The van der Waals surface area contributed by atoms with Crippen LogP contribution in [0.1, 0.15) is 18.9 Å². The molecule has 130 valence electrons. The normalized spacial score (nSPS) is 17.0. The van der Waals surface area contributed by atoms with Crippen LogP contribution in [0.3, 0.4) is 0 Å². The van der Waals surface area contributed by atoms with E-state index in [1.54, 1.807) is 4.90 Å². The van der Waals surface area contributed by atoms with Gasteiger partial charge in [-0.15, -0.1) is 0 Å². The van der Waals surface area contributed by atoms with Crippen LogP contribution in [0.25, 0.3) is 0 Å². The van der Waals surface area contributed by atoms with Crippen LogP contribution in [0.4, 0.5) is 15.8 Å². The molecule has 4 nitrogen and oxygen atoms in total. The number of rotatable bonds is 4. The van der Waals surface area contributed by atoms with Crippen molar-refractivity contribution in [2.24, 2.45) is 5.92 Å². The fraction of sp³-hybridized carbons (Fsp3) is 0.263. The van der Waals surface area contributed by atoms with Crippen LogP contribution in [0.15, 0.2) is 42.5 Å². The van der Waals surface area contributed by atoms with E-state index in [-0.39, 0.29) is 10.9 Å². The Morgan fingerprint density at radius 1 is 1.28 bits per heavy atom. The molecule has 0 aromatic heterocycles. The number of carbonyl (C=O) groups excluding carboxylic acids is 2. The molecule has 2 aromatic carbocycles. The molecule has 1 atom stereocenters. The van der Waals surface area contributed by atoms with Crippen molar-refractivity contribution in [2.75, 3.05) is 16.8 Å². The zero-order chi connectivity index (χ0) is 18.0. The number of aryl methyl sites for hydroxylation is 1. The minimum absolute atomic E-state index is 0.103. The summed E-state index contributed by atoms with van der Waals surface area (Å²) in [4.78, 5) is 26.7. The van der Waals surface area contributed by atoms with Gasteiger partial charge in [-0.2, -0.15) is 0 Å². The minimum Gasteiger partial charge on any atom is -0.324 e. The Bertz CT molecular complexity index is 808. The van der Waals surface area contributed by atoms with Gasteiger partial charge in [-0.3, -0.25) is 9.59 Å². The number of hydrogen-bond acceptors (Lipinski definition) is 2. The first-order valence-corrected chi connectivity index (χ1v) is 8.53. The molecule has 6 heteroatoms. The molecule has 1 aliphatic heterocycles. The Morgan fingerprint density at radius 2 is 2.00 bits per heavy atom. The number of hydrogen-bond donors (Lipinski definition) is 1. The van der Waals surface area contributed by atoms with Crippen molar-refractivity contribution < 1.29 is 14.0 Å². The van der Waals surface area contributed by atoms with E-state index < -0.39 is 17.6 Å². The highest BCUT2D eigenvalue weighted by molar-refractivity contribution is 6.33. The maximum absolute atomic E-state index is 13.1. The average molecular weight is 361 g/mol. The zero-order valence-electron chi connectivity index (χ0n) is 13.8. The van der Waals surface area contributed by atoms with E-state index in [0.29, 0.717) is 18.7 Å². The summed E-state index contributed by atoms with van der Waals surface area (Å²) in [5.74, 6) is -1.92. The van der Waals surface area contributed by atoms with Gasteiger partial charge >= 0.3 is 0 Å². The van der Waals surface area contributed by atoms with E-state index >= 15 is 0 Å². The van der Waals surface area contributed by atoms with Gasteiger partial charge in [-0.1, -0.05) is 30.7 Å². The van der Waals surface area contributed by atoms with Gasteiger partial charge in [-0.05, 0) is 48.7 Å². The van der Waals surface area contributed by atoms with E-state index in [4.69, 9.17) is 11.6 Å². The summed E-state index contributed by atoms with van der Waals surface area (Å²) in [7, 11) is 0. The fourth-order valence-corrected chi connectivity index (χ4v) is 3.12. The third-order valence-corrected chi connectivity index (χ3v) is 4.68. The second-order valence-electron chi connectivity index (χ2n) is 5.96. The molecule has 0 saturated carbocycles. The van der Waals surface area contributed by atoms with Gasteiger partial charge in [0.2, 0.25) is 11.8 Å². The quantitative estimate of drug-likeness (QED) is 0.837. The molecule has 25 heavy (non-hydrogen) atoms. The zero-order valence-corrected chi connectivity index (χ0v) is 14.5. The lowest BCUT2D eigenvalue weighted by Gasteiger charge is -2.17. The molecule has 0 radical (unpaired) electrons. The smallest absolute Gasteiger partial charge is 0.239 e. The van der Waals surface area contributed by atoms with E-state index in [1.807, 2.05) is 24.3 Å². The number of nitrogens with zero attached hydrogens (tertiary/aromatic N) is 1. The van der Waals surface area contributed by atoms with Crippen LogP contribution in [0.5, 0.6) is 0 Å². The fourth-order valence-electron chi connectivity index (χ4n) is 2.90. The van der Waals surface area contributed by atoms with E-state index in [0.717, 1.165) is 18.2 Å². The van der Waals surface area contributed by atoms with Crippen LogP contribution in [-0.2, 0) is 16.0 Å². The number of carbonyl (C=O) groups is 2. The van der Waals surface area contributed by atoms with Crippen LogP contribution in [-0.4, -0.2) is 18.4 Å². The predicted octanol–water partition coefficient (Wildman–Crippen LogP) is 4.03. The van der Waals surface area contributed by atoms with Crippen molar-refractivity contribution in [1.29, 1.82) is 0 Å². The summed E-state index contributed by atoms with van der Waals surface area (Å²) in [5.41, 5.74) is 2.28. The van der Waals surface area contributed by atoms with Gasteiger partial charge in [0.1, 0.15) is 11.7 Å². The first-order valence-electron chi connectivity index (χ1n) is 8.16. The molecule has 0 aliphatic carbocycles. The Morgan fingerprint density at radius 3 is 2.64 bits per heavy atom. The molecule has 1 fully saturated rings.